The smallest absolute Gasteiger partial charge is 0.161 e. The van der Waals surface area contributed by atoms with Gasteiger partial charge in [0.05, 0.1) is 7.11 Å². The van der Waals surface area contributed by atoms with Gasteiger partial charge in [0.2, 0.25) is 0 Å². The number of rotatable bonds is 8. The molecule has 1 saturated carbocycles. The summed E-state index contributed by atoms with van der Waals surface area (Å²) in [6.45, 7) is 2.46. The molecule has 0 radical (unpaired) electrons. The average Bonchev–Trinajstić information content (AvgIpc) is 2.97. The average molecular weight is 298 g/mol. The molecular weight excluding hydrogens is 274 g/mol. The molecule has 1 fully saturated rings. The van der Waals surface area contributed by atoms with Gasteiger partial charge in [-0.15, -0.1) is 11.6 Å². The minimum atomic E-state index is 0.312. The maximum Gasteiger partial charge on any atom is 0.161 e. The number of nitrogens with one attached hydrogen (secondary N) is 1. The first-order valence-corrected chi connectivity index (χ1v) is 7.86. The second kappa shape index (κ2) is 7.75. The van der Waals surface area contributed by atoms with Crippen molar-refractivity contribution in [3.8, 4) is 11.5 Å². The van der Waals surface area contributed by atoms with Gasteiger partial charge in [-0.05, 0) is 30.4 Å². The van der Waals surface area contributed by atoms with Crippen LogP contribution in [0, 0.1) is 5.41 Å². The summed E-state index contributed by atoms with van der Waals surface area (Å²) in [5, 5.41) is 3.48. The molecule has 0 aliphatic heterocycles. The Morgan fingerprint density at radius 2 is 1.90 bits per heavy atom. The Balaban J connectivity index is 1.69. The number of methoxy groups -OCH3 is 1. The van der Waals surface area contributed by atoms with Gasteiger partial charge in [-0.2, -0.15) is 0 Å². The molecule has 20 heavy (non-hydrogen) atoms. The Hall–Kier alpha value is -0.930. The fraction of sp³-hybridized carbons (Fsp3) is 0.625. The molecular formula is C16H24ClNO2. The third-order valence-electron chi connectivity index (χ3n) is 4.05. The second-order valence-corrected chi connectivity index (χ2v) is 5.78. The number of alkyl halides is 1. The zero-order chi connectivity index (χ0) is 14.3. The highest BCUT2D eigenvalue weighted by Gasteiger charge is 2.32. The Bertz CT molecular complexity index is 405. The molecule has 1 aliphatic rings. The van der Waals surface area contributed by atoms with Gasteiger partial charge in [0, 0.05) is 19.0 Å². The highest BCUT2D eigenvalue weighted by Crippen LogP contribution is 2.38. The summed E-state index contributed by atoms with van der Waals surface area (Å²) >= 11 is 6.13. The molecule has 0 heterocycles. The molecule has 0 atom stereocenters. The van der Waals surface area contributed by atoms with Crippen LogP contribution in [0.4, 0.5) is 0 Å². The van der Waals surface area contributed by atoms with Crippen molar-refractivity contribution < 1.29 is 9.47 Å². The van der Waals surface area contributed by atoms with Gasteiger partial charge in [-0.1, -0.05) is 25.0 Å². The van der Waals surface area contributed by atoms with E-state index in [9.17, 15) is 0 Å². The molecule has 2 rings (SSSR count). The van der Waals surface area contributed by atoms with E-state index >= 15 is 0 Å². The van der Waals surface area contributed by atoms with Crippen molar-refractivity contribution in [2.75, 3.05) is 32.7 Å². The molecule has 1 aromatic carbocycles. The van der Waals surface area contributed by atoms with Crippen molar-refractivity contribution >= 4 is 11.6 Å². The molecule has 1 N–H and O–H groups in total. The van der Waals surface area contributed by atoms with Crippen molar-refractivity contribution in [2.24, 2.45) is 5.41 Å². The van der Waals surface area contributed by atoms with E-state index in [1.165, 1.54) is 25.7 Å². The van der Waals surface area contributed by atoms with E-state index in [0.29, 0.717) is 12.0 Å². The van der Waals surface area contributed by atoms with E-state index in [1.54, 1.807) is 7.11 Å². The van der Waals surface area contributed by atoms with Gasteiger partial charge in [0.25, 0.3) is 0 Å². The molecule has 1 aliphatic carbocycles. The van der Waals surface area contributed by atoms with Gasteiger partial charge in [-0.3, -0.25) is 0 Å². The summed E-state index contributed by atoms with van der Waals surface area (Å²) in [5.74, 6) is 2.33. The van der Waals surface area contributed by atoms with E-state index in [-0.39, 0.29) is 0 Å². The van der Waals surface area contributed by atoms with Crippen molar-refractivity contribution in [2.45, 2.75) is 25.7 Å². The van der Waals surface area contributed by atoms with Crippen LogP contribution in [0.25, 0.3) is 0 Å². The quantitative estimate of drug-likeness (QED) is 0.589. The largest absolute Gasteiger partial charge is 0.493 e. The van der Waals surface area contributed by atoms with Gasteiger partial charge >= 0.3 is 0 Å². The van der Waals surface area contributed by atoms with Crippen LogP contribution >= 0.6 is 11.6 Å². The van der Waals surface area contributed by atoms with E-state index in [2.05, 4.69) is 5.32 Å². The van der Waals surface area contributed by atoms with Crippen LogP contribution in [0.2, 0.25) is 0 Å². The highest BCUT2D eigenvalue weighted by atomic mass is 35.5. The lowest BCUT2D eigenvalue weighted by molar-refractivity contribution is 0.271. The zero-order valence-electron chi connectivity index (χ0n) is 12.2. The molecule has 4 heteroatoms. The Morgan fingerprint density at radius 3 is 2.55 bits per heavy atom. The third-order valence-corrected chi connectivity index (χ3v) is 4.62. The molecule has 0 bridgehead atoms. The van der Waals surface area contributed by atoms with Crippen molar-refractivity contribution in [1.82, 2.24) is 5.32 Å². The summed E-state index contributed by atoms with van der Waals surface area (Å²) in [6, 6.07) is 7.72. The molecule has 3 nitrogen and oxygen atoms in total. The van der Waals surface area contributed by atoms with Crippen LogP contribution in [-0.2, 0) is 0 Å². The fourth-order valence-corrected chi connectivity index (χ4v) is 3.17. The molecule has 0 aromatic heterocycles. The maximum absolute atomic E-state index is 6.13. The predicted octanol–water partition coefficient (Wildman–Crippen LogP) is 3.46. The topological polar surface area (TPSA) is 30.5 Å². The minimum absolute atomic E-state index is 0.312. The van der Waals surface area contributed by atoms with Gasteiger partial charge in [-0.25, -0.2) is 0 Å². The number of hydrogen-bond acceptors (Lipinski definition) is 3. The summed E-state index contributed by atoms with van der Waals surface area (Å²) in [5.41, 5.74) is 0.312. The van der Waals surface area contributed by atoms with Crippen LogP contribution < -0.4 is 14.8 Å². The lowest BCUT2D eigenvalue weighted by Gasteiger charge is -2.26. The Kier molecular flexibility index (Phi) is 5.99. The highest BCUT2D eigenvalue weighted by molar-refractivity contribution is 6.18. The zero-order valence-corrected chi connectivity index (χ0v) is 12.9. The summed E-state index contributed by atoms with van der Waals surface area (Å²) in [7, 11) is 1.66. The van der Waals surface area contributed by atoms with Crippen LogP contribution in [-0.4, -0.2) is 32.7 Å². The number of ether oxygens (including phenoxy) is 2. The van der Waals surface area contributed by atoms with E-state index in [4.69, 9.17) is 21.1 Å². The SMILES string of the molecule is COc1ccccc1OCCNCC1(CCl)CCCC1. The molecule has 0 spiro atoms. The van der Waals surface area contributed by atoms with Crippen LogP contribution in [0.15, 0.2) is 24.3 Å². The number of benzene rings is 1. The monoisotopic (exact) mass is 297 g/mol. The first-order valence-electron chi connectivity index (χ1n) is 7.32. The van der Waals surface area contributed by atoms with Crippen LogP contribution in [0.3, 0.4) is 0 Å². The first kappa shape index (κ1) is 15.5. The van der Waals surface area contributed by atoms with Gasteiger partial charge in [0.1, 0.15) is 6.61 Å². The third kappa shape index (κ3) is 4.03. The molecule has 0 amide bonds. The van der Waals surface area contributed by atoms with Gasteiger partial charge in [0.15, 0.2) is 11.5 Å². The lowest BCUT2D eigenvalue weighted by atomic mass is 9.88. The van der Waals surface area contributed by atoms with Gasteiger partial charge < -0.3 is 14.8 Å². The standard InChI is InChI=1S/C16H24ClNO2/c1-19-14-6-2-3-7-15(14)20-11-10-18-13-16(12-17)8-4-5-9-16/h2-3,6-7,18H,4-5,8-13H2,1H3. The number of halogens is 1. The van der Waals surface area contributed by atoms with Crippen molar-refractivity contribution in [3.63, 3.8) is 0 Å². The van der Waals surface area contributed by atoms with E-state index in [0.717, 1.165) is 30.5 Å². The second-order valence-electron chi connectivity index (χ2n) is 5.52. The van der Waals surface area contributed by atoms with E-state index in [1.807, 2.05) is 24.3 Å². The molecule has 112 valence electrons. The number of para-hydroxylation sites is 2. The van der Waals surface area contributed by atoms with E-state index < -0.39 is 0 Å². The van der Waals surface area contributed by atoms with Crippen LogP contribution in [0.1, 0.15) is 25.7 Å². The number of hydrogen-bond donors (Lipinski definition) is 1. The molecule has 1 aromatic rings. The molecule has 0 unspecified atom stereocenters. The van der Waals surface area contributed by atoms with Crippen LogP contribution in [0.5, 0.6) is 11.5 Å². The lowest BCUT2D eigenvalue weighted by Crippen LogP contribution is -2.35. The first-order chi connectivity index (χ1) is 9.79. The summed E-state index contributed by atoms with van der Waals surface area (Å²) < 4.78 is 11.0. The molecule has 0 saturated heterocycles. The predicted molar refractivity (Wildman–Crippen MR) is 83.0 cm³/mol. The van der Waals surface area contributed by atoms with Crippen molar-refractivity contribution in [3.05, 3.63) is 24.3 Å². The summed E-state index contributed by atoms with van der Waals surface area (Å²) in [6.07, 6.45) is 5.12. The maximum atomic E-state index is 6.13. The Morgan fingerprint density at radius 1 is 1.20 bits per heavy atom. The van der Waals surface area contributed by atoms with Crippen molar-refractivity contribution in [1.29, 1.82) is 0 Å². The fourth-order valence-electron chi connectivity index (χ4n) is 2.81. The minimum Gasteiger partial charge on any atom is -0.493 e. The Labute approximate surface area is 126 Å². The summed E-state index contributed by atoms with van der Waals surface area (Å²) in [4.78, 5) is 0. The normalized spacial score (nSPS) is 17.1.